The molecule has 0 radical (unpaired) electrons. The maximum absolute atomic E-state index is 12.2. The van der Waals surface area contributed by atoms with Gasteiger partial charge >= 0.3 is 0 Å². The molecule has 1 aliphatic rings. The molecular formula is C19H26N2O2. The van der Waals surface area contributed by atoms with Gasteiger partial charge in [0.25, 0.3) is 0 Å². The number of piperidine rings is 1. The van der Waals surface area contributed by atoms with Crippen molar-refractivity contribution in [3.8, 4) is 0 Å². The van der Waals surface area contributed by atoms with Crippen molar-refractivity contribution in [3.63, 3.8) is 0 Å². The van der Waals surface area contributed by atoms with Gasteiger partial charge in [-0.3, -0.25) is 9.59 Å². The highest BCUT2D eigenvalue weighted by molar-refractivity contribution is 5.92. The van der Waals surface area contributed by atoms with Gasteiger partial charge in [0, 0.05) is 25.1 Å². The molecule has 1 aromatic carbocycles. The quantitative estimate of drug-likeness (QED) is 0.872. The molecule has 0 spiro atoms. The fourth-order valence-electron chi connectivity index (χ4n) is 2.75. The second-order valence-corrected chi connectivity index (χ2v) is 7.21. The van der Waals surface area contributed by atoms with E-state index in [1.807, 2.05) is 18.2 Å². The molecule has 0 unspecified atom stereocenters. The predicted molar refractivity (Wildman–Crippen MR) is 92.7 cm³/mol. The van der Waals surface area contributed by atoms with Crippen LogP contribution in [0.2, 0.25) is 0 Å². The third-order valence-corrected chi connectivity index (χ3v) is 4.40. The highest BCUT2D eigenvalue weighted by Gasteiger charge is 2.24. The van der Waals surface area contributed by atoms with Crippen LogP contribution >= 0.6 is 0 Å². The van der Waals surface area contributed by atoms with Crippen LogP contribution in [-0.2, 0) is 15.0 Å². The number of benzene rings is 1. The van der Waals surface area contributed by atoms with Gasteiger partial charge in [-0.25, -0.2) is 0 Å². The van der Waals surface area contributed by atoms with Crippen LogP contribution in [0.3, 0.4) is 0 Å². The van der Waals surface area contributed by atoms with Crippen LogP contribution in [0.4, 0.5) is 0 Å². The number of hydrogen-bond acceptors (Lipinski definition) is 2. The van der Waals surface area contributed by atoms with E-state index >= 15 is 0 Å². The van der Waals surface area contributed by atoms with Gasteiger partial charge < -0.3 is 10.6 Å². The summed E-state index contributed by atoms with van der Waals surface area (Å²) in [6.07, 6.45) is 4.77. The maximum atomic E-state index is 12.2. The number of rotatable bonds is 3. The van der Waals surface area contributed by atoms with E-state index in [1.165, 1.54) is 5.56 Å². The van der Waals surface area contributed by atoms with E-state index in [2.05, 4.69) is 32.9 Å². The number of carbonyl (C=O) groups excluding carboxylic acids is 2. The SMILES string of the molecule is CC(C)(C)c1ccc(C=CC(=O)N2CCC(C(N)=O)CC2)cc1. The van der Waals surface area contributed by atoms with Crippen LogP contribution < -0.4 is 5.73 Å². The van der Waals surface area contributed by atoms with Crippen LogP contribution in [0.5, 0.6) is 0 Å². The number of carbonyl (C=O) groups is 2. The second kappa shape index (κ2) is 6.99. The molecule has 1 aliphatic heterocycles. The topological polar surface area (TPSA) is 63.4 Å². The first-order valence-electron chi connectivity index (χ1n) is 8.14. The normalized spacial score (nSPS) is 16.7. The Morgan fingerprint density at radius 2 is 1.70 bits per heavy atom. The summed E-state index contributed by atoms with van der Waals surface area (Å²) in [5.41, 5.74) is 7.72. The van der Waals surface area contributed by atoms with Crippen molar-refractivity contribution in [1.29, 1.82) is 0 Å². The number of hydrogen-bond donors (Lipinski definition) is 1. The Kier molecular flexibility index (Phi) is 5.24. The average Bonchev–Trinajstić information content (AvgIpc) is 2.52. The Balaban J connectivity index is 1.93. The average molecular weight is 314 g/mol. The minimum atomic E-state index is -0.258. The summed E-state index contributed by atoms with van der Waals surface area (Å²) in [6.45, 7) is 7.73. The van der Waals surface area contributed by atoms with Crippen LogP contribution in [0, 0.1) is 5.92 Å². The smallest absolute Gasteiger partial charge is 0.246 e. The summed E-state index contributed by atoms with van der Waals surface area (Å²) in [4.78, 5) is 25.1. The summed E-state index contributed by atoms with van der Waals surface area (Å²) < 4.78 is 0. The van der Waals surface area contributed by atoms with Gasteiger partial charge in [0.15, 0.2) is 0 Å². The van der Waals surface area contributed by atoms with Crippen molar-refractivity contribution in [2.75, 3.05) is 13.1 Å². The number of amides is 2. The van der Waals surface area contributed by atoms with Gasteiger partial charge in [0.1, 0.15) is 0 Å². The molecule has 2 rings (SSSR count). The molecule has 1 saturated heterocycles. The van der Waals surface area contributed by atoms with Crippen molar-refractivity contribution < 1.29 is 9.59 Å². The molecule has 4 nitrogen and oxygen atoms in total. The third-order valence-electron chi connectivity index (χ3n) is 4.40. The van der Waals surface area contributed by atoms with E-state index < -0.39 is 0 Å². The van der Waals surface area contributed by atoms with Gasteiger partial charge in [0.2, 0.25) is 11.8 Å². The Labute approximate surface area is 138 Å². The van der Waals surface area contributed by atoms with Crippen molar-refractivity contribution in [2.24, 2.45) is 11.7 Å². The molecule has 1 aromatic rings. The summed E-state index contributed by atoms with van der Waals surface area (Å²) >= 11 is 0. The molecule has 124 valence electrons. The van der Waals surface area contributed by atoms with Gasteiger partial charge in [-0.05, 0) is 35.5 Å². The zero-order valence-corrected chi connectivity index (χ0v) is 14.2. The zero-order valence-electron chi connectivity index (χ0n) is 14.2. The minimum Gasteiger partial charge on any atom is -0.369 e. The van der Waals surface area contributed by atoms with E-state index in [0.717, 1.165) is 5.56 Å². The summed E-state index contributed by atoms with van der Waals surface area (Å²) in [6, 6.07) is 8.26. The molecular weight excluding hydrogens is 288 g/mol. The summed E-state index contributed by atoms with van der Waals surface area (Å²) in [5.74, 6) is -0.354. The standard InChI is InChI=1S/C19H26N2O2/c1-19(2,3)16-7-4-14(5-8-16)6-9-17(22)21-12-10-15(11-13-21)18(20)23/h4-9,15H,10-13H2,1-3H3,(H2,20,23). The number of likely N-dealkylation sites (tertiary alicyclic amines) is 1. The van der Waals surface area contributed by atoms with E-state index in [9.17, 15) is 9.59 Å². The number of nitrogens with zero attached hydrogens (tertiary/aromatic N) is 1. The largest absolute Gasteiger partial charge is 0.369 e. The van der Waals surface area contributed by atoms with Crippen LogP contribution in [-0.4, -0.2) is 29.8 Å². The Morgan fingerprint density at radius 1 is 1.13 bits per heavy atom. The molecule has 0 atom stereocenters. The summed E-state index contributed by atoms with van der Waals surface area (Å²) in [7, 11) is 0. The fraction of sp³-hybridized carbons (Fsp3) is 0.474. The van der Waals surface area contributed by atoms with Gasteiger partial charge in [-0.15, -0.1) is 0 Å². The van der Waals surface area contributed by atoms with Crippen molar-refractivity contribution >= 4 is 17.9 Å². The first-order valence-corrected chi connectivity index (χ1v) is 8.14. The predicted octanol–water partition coefficient (Wildman–Crippen LogP) is 2.72. The fourth-order valence-corrected chi connectivity index (χ4v) is 2.75. The molecule has 2 N–H and O–H groups in total. The molecule has 4 heteroatoms. The molecule has 0 bridgehead atoms. The van der Waals surface area contributed by atoms with Crippen molar-refractivity contribution in [1.82, 2.24) is 4.90 Å². The van der Waals surface area contributed by atoms with E-state index in [1.54, 1.807) is 11.0 Å². The highest BCUT2D eigenvalue weighted by atomic mass is 16.2. The lowest BCUT2D eigenvalue weighted by Gasteiger charge is -2.29. The molecule has 2 amide bonds. The first kappa shape index (κ1) is 17.3. The number of primary amides is 1. The lowest BCUT2D eigenvalue weighted by atomic mass is 9.87. The van der Waals surface area contributed by atoms with Crippen molar-refractivity contribution in [2.45, 2.75) is 39.0 Å². The third kappa shape index (κ3) is 4.68. The molecule has 23 heavy (non-hydrogen) atoms. The van der Waals surface area contributed by atoms with Gasteiger partial charge in [-0.2, -0.15) is 0 Å². The van der Waals surface area contributed by atoms with E-state index in [-0.39, 0.29) is 23.1 Å². The second-order valence-electron chi connectivity index (χ2n) is 7.21. The Bertz CT molecular complexity index is 589. The maximum Gasteiger partial charge on any atom is 0.246 e. The number of nitrogens with two attached hydrogens (primary N) is 1. The summed E-state index contributed by atoms with van der Waals surface area (Å²) in [5, 5.41) is 0. The van der Waals surface area contributed by atoms with Crippen molar-refractivity contribution in [3.05, 3.63) is 41.5 Å². The Morgan fingerprint density at radius 3 is 2.17 bits per heavy atom. The van der Waals surface area contributed by atoms with Gasteiger partial charge in [0.05, 0.1) is 0 Å². The molecule has 0 aliphatic carbocycles. The van der Waals surface area contributed by atoms with E-state index in [0.29, 0.717) is 25.9 Å². The van der Waals surface area contributed by atoms with Crippen LogP contribution in [0.1, 0.15) is 44.7 Å². The van der Waals surface area contributed by atoms with Crippen LogP contribution in [0.25, 0.3) is 6.08 Å². The van der Waals surface area contributed by atoms with Crippen LogP contribution in [0.15, 0.2) is 30.3 Å². The highest BCUT2D eigenvalue weighted by Crippen LogP contribution is 2.22. The Hall–Kier alpha value is -2.10. The molecule has 0 saturated carbocycles. The lowest BCUT2D eigenvalue weighted by Crippen LogP contribution is -2.41. The van der Waals surface area contributed by atoms with E-state index in [4.69, 9.17) is 5.73 Å². The van der Waals surface area contributed by atoms with Gasteiger partial charge in [-0.1, -0.05) is 45.0 Å². The lowest BCUT2D eigenvalue weighted by molar-refractivity contribution is -0.130. The first-order chi connectivity index (χ1) is 10.8. The molecule has 0 aromatic heterocycles. The zero-order chi connectivity index (χ0) is 17.0. The minimum absolute atomic E-state index is 0.00665. The monoisotopic (exact) mass is 314 g/mol. The molecule has 1 fully saturated rings. The molecule has 1 heterocycles.